The standard InChI is InChI=1S/C33H35ClN6O3S/c1-4-9-28-29(22-40(31(28)5-2)44(42,43)27-10-7-6-8-11-27)32-30(34)20-35-33(38-32)37-26-16-18-39(19-17-26)21-24-12-14-25(15-13-24)36-23(3)41/h4-15,20,22,26H,2,16-19,21H2,1,3H3,(H,36,41)(H,35,37,38). The minimum absolute atomic E-state index is 0.0849. The number of likely N-dealkylation sites (tertiary alicyclic amines) is 1. The molecule has 4 aromatic rings. The minimum atomic E-state index is -3.90. The lowest BCUT2D eigenvalue weighted by atomic mass is 10.0. The lowest BCUT2D eigenvalue weighted by Crippen LogP contribution is -2.39. The summed E-state index contributed by atoms with van der Waals surface area (Å²) in [6, 6.07) is 16.4. The average Bonchev–Trinajstić information content (AvgIpc) is 3.39. The smallest absolute Gasteiger partial charge is 0.268 e. The first-order valence-corrected chi connectivity index (χ1v) is 16.2. The molecule has 0 aliphatic carbocycles. The van der Waals surface area contributed by atoms with Gasteiger partial charge in [0.1, 0.15) is 0 Å². The van der Waals surface area contributed by atoms with E-state index in [0.29, 0.717) is 33.5 Å². The zero-order valence-corrected chi connectivity index (χ0v) is 26.3. The fourth-order valence-electron chi connectivity index (χ4n) is 5.35. The predicted octanol–water partition coefficient (Wildman–Crippen LogP) is 6.55. The van der Waals surface area contributed by atoms with E-state index >= 15 is 0 Å². The predicted molar refractivity (Wildman–Crippen MR) is 177 cm³/mol. The summed E-state index contributed by atoms with van der Waals surface area (Å²) in [4.78, 5) is 23.0. The van der Waals surface area contributed by atoms with Gasteiger partial charge in [0.15, 0.2) is 0 Å². The van der Waals surface area contributed by atoms with Crippen molar-refractivity contribution >= 4 is 51.3 Å². The first-order chi connectivity index (χ1) is 21.2. The number of nitrogens with zero attached hydrogens (tertiary/aromatic N) is 4. The molecule has 2 N–H and O–H groups in total. The summed E-state index contributed by atoms with van der Waals surface area (Å²) in [5.41, 5.74) is 4.04. The van der Waals surface area contributed by atoms with Crippen molar-refractivity contribution in [3.05, 3.63) is 101 Å². The number of carbonyl (C=O) groups excluding carboxylic acids is 1. The normalized spacial score (nSPS) is 14.5. The molecule has 1 amide bonds. The Balaban J connectivity index is 1.33. The average molecular weight is 631 g/mol. The third-order valence-electron chi connectivity index (χ3n) is 7.48. The Hall–Kier alpha value is -4.25. The molecule has 0 bridgehead atoms. The monoisotopic (exact) mass is 630 g/mol. The molecule has 0 unspecified atom stereocenters. The molecule has 228 valence electrons. The number of benzene rings is 2. The van der Waals surface area contributed by atoms with Crippen molar-refractivity contribution in [2.24, 2.45) is 0 Å². The topological polar surface area (TPSA) is 109 Å². The van der Waals surface area contributed by atoms with Gasteiger partial charge in [0, 0.05) is 55.6 Å². The van der Waals surface area contributed by atoms with Crippen molar-refractivity contribution in [2.45, 2.75) is 44.2 Å². The summed E-state index contributed by atoms with van der Waals surface area (Å²) in [5, 5.41) is 6.57. The lowest BCUT2D eigenvalue weighted by Gasteiger charge is -2.32. The molecule has 0 radical (unpaired) electrons. The molecule has 3 heterocycles. The van der Waals surface area contributed by atoms with Gasteiger partial charge in [-0.3, -0.25) is 9.69 Å². The van der Waals surface area contributed by atoms with Gasteiger partial charge in [0.05, 0.1) is 27.5 Å². The number of hydrogen-bond donors (Lipinski definition) is 2. The summed E-state index contributed by atoms with van der Waals surface area (Å²) in [5.74, 6) is 0.347. The quantitative estimate of drug-likeness (QED) is 0.205. The highest BCUT2D eigenvalue weighted by Crippen LogP contribution is 2.36. The number of carbonyl (C=O) groups is 1. The van der Waals surface area contributed by atoms with Crippen LogP contribution >= 0.6 is 11.6 Å². The van der Waals surface area contributed by atoms with Gasteiger partial charge in [-0.15, -0.1) is 0 Å². The molecule has 1 aliphatic heterocycles. The van der Waals surface area contributed by atoms with Crippen molar-refractivity contribution < 1.29 is 13.2 Å². The van der Waals surface area contributed by atoms with E-state index in [9.17, 15) is 13.2 Å². The summed E-state index contributed by atoms with van der Waals surface area (Å²) in [7, 11) is -3.90. The first-order valence-electron chi connectivity index (χ1n) is 14.4. The van der Waals surface area contributed by atoms with Crippen LogP contribution in [0.4, 0.5) is 11.6 Å². The number of aromatic nitrogens is 3. The van der Waals surface area contributed by atoms with Crippen LogP contribution in [0, 0.1) is 0 Å². The van der Waals surface area contributed by atoms with Crippen LogP contribution in [-0.4, -0.2) is 52.3 Å². The van der Waals surface area contributed by atoms with Crippen molar-refractivity contribution in [3.63, 3.8) is 0 Å². The van der Waals surface area contributed by atoms with E-state index in [-0.39, 0.29) is 16.8 Å². The number of anilines is 2. The maximum atomic E-state index is 13.6. The largest absolute Gasteiger partial charge is 0.351 e. The third-order valence-corrected chi connectivity index (χ3v) is 9.44. The van der Waals surface area contributed by atoms with Gasteiger partial charge in [-0.1, -0.05) is 60.7 Å². The fourth-order valence-corrected chi connectivity index (χ4v) is 6.94. The van der Waals surface area contributed by atoms with Crippen molar-refractivity contribution in [3.8, 4) is 11.3 Å². The van der Waals surface area contributed by atoms with Gasteiger partial charge < -0.3 is 10.6 Å². The first kappa shape index (κ1) is 31.2. The van der Waals surface area contributed by atoms with E-state index in [2.05, 4.69) is 27.1 Å². The number of allylic oxidation sites excluding steroid dienone is 1. The maximum Gasteiger partial charge on any atom is 0.268 e. The number of nitrogens with one attached hydrogen (secondary N) is 2. The summed E-state index contributed by atoms with van der Waals surface area (Å²) >= 11 is 6.62. The van der Waals surface area contributed by atoms with E-state index in [4.69, 9.17) is 16.6 Å². The number of halogens is 1. The van der Waals surface area contributed by atoms with Crippen molar-refractivity contribution in [1.82, 2.24) is 18.8 Å². The molecule has 2 aromatic carbocycles. The second-order valence-corrected chi connectivity index (χ2v) is 12.8. The Morgan fingerprint density at radius 1 is 1.11 bits per heavy atom. The molecular weight excluding hydrogens is 596 g/mol. The highest BCUT2D eigenvalue weighted by molar-refractivity contribution is 7.90. The van der Waals surface area contributed by atoms with Crippen LogP contribution in [0.5, 0.6) is 0 Å². The Morgan fingerprint density at radius 3 is 2.45 bits per heavy atom. The van der Waals surface area contributed by atoms with Crippen molar-refractivity contribution in [2.75, 3.05) is 23.7 Å². The number of amides is 1. The SMILES string of the molecule is C=Cc1c(C=CC)c(-c2nc(NC3CCN(Cc4ccc(NC(C)=O)cc4)CC3)ncc2Cl)cn1S(=O)(=O)c1ccccc1. The molecule has 1 fully saturated rings. The van der Waals surface area contributed by atoms with Gasteiger partial charge in [-0.25, -0.2) is 22.4 Å². The second-order valence-electron chi connectivity index (χ2n) is 10.6. The zero-order chi connectivity index (χ0) is 31.3. The molecule has 11 heteroatoms. The van der Waals surface area contributed by atoms with Gasteiger partial charge in [-0.05, 0) is 55.7 Å². The molecule has 1 saturated heterocycles. The summed E-state index contributed by atoms with van der Waals surface area (Å²) in [6.45, 7) is 9.89. The number of piperidine rings is 1. The maximum absolute atomic E-state index is 13.6. The van der Waals surface area contributed by atoms with E-state index in [1.807, 2.05) is 43.3 Å². The highest BCUT2D eigenvalue weighted by atomic mass is 35.5. The molecule has 0 saturated carbocycles. The molecule has 2 aromatic heterocycles. The molecular formula is C33H35ClN6O3S. The Labute approximate surface area is 263 Å². The number of hydrogen-bond acceptors (Lipinski definition) is 7. The molecule has 0 atom stereocenters. The Kier molecular flexibility index (Phi) is 9.63. The van der Waals surface area contributed by atoms with Gasteiger partial charge in [0.2, 0.25) is 11.9 Å². The van der Waals surface area contributed by atoms with Crippen LogP contribution in [0.2, 0.25) is 5.02 Å². The molecule has 44 heavy (non-hydrogen) atoms. The van der Waals surface area contributed by atoms with Gasteiger partial charge >= 0.3 is 0 Å². The van der Waals surface area contributed by atoms with Crippen molar-refractivity contribution in [1.29, 1.82) is 0 Å². The Morgan fingerprint density at radius 2 is 1.82 bits per heavy atom. The van der Waals surface area contributed by atoms with Crippen LogP contribution in [-0.2, 0) is 21.4 Å². The van der Waals surface area contributed by atoms with E-state index in [1.165, 1.54) is 22.5 Å². The number of rotatable bonds is 10. The second kappa shape index (κ2) is 13.6. The third kappa shape index (κ3) is 6.93. The van der Waals surface area contributed by atoms with Crippen LogP contribution < -0.4 is 10.6 Å². The molecule has 9 nitrogen and oxygen atoms in total. The van der Waals surface area contributed by atoms with E-state index in [1.54, 1.807) is 42.7 Å². The van der Waals surface area contributed by atoms with Gasteiger partial charge in [0.25, 0.3) is 10.0 Å². The molecule has 5 rings (SSSR count). The fraction of sp³-hybridized carbons (Fsp3) is 0.242. The van der Waals surface area contributed by atoms with Crippen LogP contribution in [0.25, 0.3) is 23.4 Å². The molecule has 0 spiro atoms. The minimum Gasteiger partial charge on any atom is -0.351 e. The zero-order valence-electron chi connectivity index (χ0n) is 24.7. The summed E-state index contributed by atoms with van der Waals surface area (Å²) < 4.78 is 28.5. The van der Waals surface area contributed by atoms with E-state index in [0.717, 1.165) is 38.2 Å². The van der Waals surface area contributed by atoms with Crippen LogP contribution in [0.15, 0.2) is 84.5 Å². The molecule has 1 aliphatic rings. The van der Waals surface area contributed by atoms with E-state index < -0.39 is 10.0 Å². The lowest BCUT2D eigenvalue weighted by molar-refractivity contribution is -0.114. The van der Waals surface area contributed by atoms with Crippen LogP contribution in [0.1, 0.15) is 43.5 Å². The Bertz CT molecular complexity index is 1780. The summed E-state index contributed by atoms with van der Waals surface area (Å²) in [6.07, 6.45) is 10.1. The highest BCUT2D eigenvalue weighted by Gasteiger charge is 2.26. The van der Waals surface area contributed by atoms with Gasteiger partial charge in [-0.2, -0.15) is 0 Å². The van der Waals surface area contributed by atoms with Crippen LogP contribution in [0.3, 0.4) is 0 Å².